The molecule has 0 aliphatic heterocycles. The van der Waals surface area contributed by atoms with Crippen LogP contribution in [0.3, 0.4) is 0 Å². The van der Waals surface area contributed by atoms with Gasteiger partial charge in [0.1, 0.15) is 11.6 Å². The summed E-state index contributed by atoms with van der Waals surface area (Å²) in [5, 5.41) is 18.3. The number of aromatic nitrogens is 2. The SMILES string of the molecule is Oc1cccc(/C(=C/CCc2ccc(Cl)cc2F)c2ccc3[nH]ncc3c2)c1. The third-order valence-electron chi connectivity index (χ3n) is 4.69. The smallest absolute Gasteiger partial charge is 0.127 e. The summed E-state index contributed by atoms with van der Waals surface area (Å²) in [4.78, 5) is 0. The Bertz CT molecular complexity index is 1170. The highest BCUT2D eigenvalue weighted by atomic mass is 35.5. The molecule has 0 radical (unpaired) electrons. The lowest BCUT2D eigenvalue weighted by molar-refractivity contribution is 0.475. The Labute approximate surface area is 167 Å². The van der Waals surface area contributed by atoms with Crippen molar-refractivity contribution >= 4 is 28.1 Å². The number of allylic oxidation sites excluding steroid dienone is 1. The molecule has 3 nitrogen and oxygen atoms in total. The van der Waals surface area contributed by atoms with Gasteiger partial charge < -0.3 is 5.11 Å². The van der Waals surface area contributed by atoms with Crippen LogP contribution in [0.25, 0.3) is 16.5 Å². The molecule has 0 saturated carbocycles. The fourth-order valence-corrected chi connectivity index (χ4v) is 3.44. The highest BCUT2D eigenvalue weighted by Gasteiger charge is 2.09. The lowest BCUT2D eigenvalue weighted by atomic mass is 9.95. The van der Waals surface area contributed by atoms with Gasteiger partial charge in [0, 0.05) is 10.4 Å². The predicted molar refractivity (Wildman–Crippen MR) is 111 cm³/mol. The number of hydrogen-bond acceptors (Lipinski definition) is 2. The summed E-state index contributed by atoms with van der Waals surface area (Å²) in [6, 6.07) is 17.9. The van der Waals surface area contributed by atoms with Gasteiger partial charge in [-0.1, -0.05) is 41.9 Å². The largest absolute Gasteiger partial charge is 0.508 e. The molecule has 3 aromatic carbocycles. The Kier molecular flexibility index (Phi) is 5.13. The van der Waals surface area contributed by atoms with E-state index in [1.54, 1.807) is 30.5 Å². The number of aromatic hydroxyl groups is 1. The number of phenolic OH excluding ortho intramolecular Hbond substituents is 1. The second-order valence-electron chi connectivity index (χ2n) is 6.61. The molecule has 0 saturated heterocycles. The number of hydrogen-bond donors (Lipinski definition) is 2. The summed E-state index contributed by atoms with van der Waals surface area (Å²) in [6.07, 6.45) is 5.05. The molecule has 2 N–H and O–H groups in total. The molecule has 0 amide bonds. The van der Waals surface area contributed by atoms with Crippen LogP contribution in [0.15, 0.2) is 72.9 Å². The van der Waals surface area contributed by atoms with E-state index >= 15 is 0 Å². The molecule has 1 heterocycles. The second kappa shape index (κ2) is 7.87. The van der Waals surface area contributed by atoms with Crippen LogP contribution in [-0.2, 0) is 6.42 Å². The summed E-state index contributed by atoms with van der Waals surface area (Å²) >= 11 is 5.83. The maximum atomic E-state index is 14.1. The van der Waals surface area contributed by atoms with Gasteiger partial charge in [0.2, 0.25) is 0 Å². The molecular weight excluding hydrogens is 375 g/mol. The number of benzene rings is 3. The second-order valence-corrected chi connectivity index (χ2v) is 7.05. The van der Waals surface area contributed by atoms with Gasteiger partial charge in [0.15, 0.2) is 0 Å². The molecule has 0 fully saturated rings. The van der Waals surface area contributed by atoms with Crippen molar-refractivity contribution in [1.29, 1.82) is 0 Å². The van der Waals surface area contributed by atoms with Crippen molar-refractivity contribution < 1.29 is 9.50 Å². The normalized spacial score (nSPS) is 11.9. The van der Waals surface area contributed by atoms with Crippen LogP contribution >= 0.6 is 11.6 Å². The van der Waals surface area contributed by atoms with Crippen molar-refractivity contribution in [3.05, 3.63) is 100 Å². The fraction of sp³-hybridized carbons (Fsp3) is 0.0870. The van der Waals surface area contributed by atoms with Crippen LogP contribution in [0.2, 0.25) is 5.02 Å². The molecule has 0 aliphatic rings. The molecule has 28 heavy (non-hydrogen) atoms. The Balaban J connectivity index is 1.68. The Morgan fingerprint density at radius 3 is 2.75 bits per heavy atom. The lowest BCUT2D eigenvalue weighted by Gasteiger charge is -2.10. The third-order valence-corrected chi connectivity index (χ3v) is 4.92. The highest BCUT2D eigenvalue weighted by molar-refractivity contribution is 6.30. The molecule has 1 aromatic heterocycles. The number of halogens is 2. The van der Waals surface area contributed by atoms with Gasteiger partial charge in [-0.15, -0.1) is 0 Å². The van der Waals surface area contributed by atoms with E-state index in [9.17, 15) is 9.50 Å². The minimum atomic E-state index is -0.292. The van der Waals surface area contributed by atoms with Gasteiger partial charge in [-0.3, -0.25) is 5.10 Å². The molecule has 0 unspecified atom stereocenters. The zero-order valence-electron chi connectivity index (χ0n) is 15.0. The zero-order valence-corrected chi connectivity index (χ0v) is 15.7. The summed E-state index contributed by atoms with van der Waals surface area (Å²) in [5.74, 6) is -0.0869. The molecule has 4 aromatic rings. The number of nitrogens with one attached hydrogen (secondary N) is 1. The van der Waals surface area contributed by atoms with Crippen LogP contribution in [0.1, 0.15) is 23.1 Å². The van der Waals surface area contributed by atoms with Gasteiger partial charge in [-0.2, -0.15) is 5.10 Å². The molecule has 0 spiro atoms. The van der Waals surface area contributed by atoms with E-state index in [2.05, 4.69) is 22.3 Å². The monoisotopic (exact) mass is 392 g/mol. The fourth-order valence-electron chi connectivity index (χ4n) is 3.28. The van der Waals surface area contributed by atoms with Gasteiger partial charge in [0.25, 0.3) is 0 Å². The molecule has 0 aliphatic carbocycles. The first-order valence-corrected chi connectivity index (χ1v) is 9.35. The van der Waals surface area contributed by atoms with E-state index in [1.807, 2.05) is 24.3 Å². The first-order valence-electron chi connectivity index (χ1n) is 8.97. The zero-order chi connectivity index (χ0) is 19.5. The standard InChI is InChI=1S/C23H18ClFN2O/c24-19-9-7-15(22(25)13-19)3-2-6-21(16-4-1-5-20(28)12-16)17-8-10-23-18(11-17)14-26-27-23/h1,4-14,28H,2-3H2,(H,26,27)/b21-6-. The number of nitrogens with zero attached hydrogens (tertiary/aromatic N) is 1. The van der Waals surface area contributed by atoms with E-state index in [0.717, 1.165) is 27.6 Å². The highest BCUT2D eigenvalue weighted by Crippen LogP contribution is 2.29. The minimum absolute atomic E-state index is 0.205. The summed E-state index contributed by atoms with van der Waals surface area (Å²) in [7, 11) is 0. The van der Waals surface area contributed by atoms with Crippen LogP contribution in [0.4, 0.5) is 4.39 Å². The number of aryl methyl sites for hydroxylation is 1. The molecule has 4 rings (SSSR count). The summed E-state index contributed by atoms with van der Waals surface area (Å²) in [6.45, 7) is 0. The average molecular weight is 393 g/mol. The van der Waals surface area contributed by atoms with Crippen molar-refractivity contribution in [3.63, 3.8) is 0 Å². The third kappa shape index (κ3) is 3.92. The van der Waals surface area contributed by atoms with Gasteiger partial charge in [0.05, 0.1) is 11.7 Å². The average Bonchev–Trinajstić information content (AvgIpc) is 3.14. The first-order chi connectivity index (χ1) is 13.6. The van der Waals surface area contributed by atoms with Crippen molar-refractivity contribution in [2.45, 2.75) is 12.8 Å². The van der Waals surface area contributed by atoms with Crippen LogP contribution in [-0.4, -0.2) is 15.3 Å². The molecular formula is C23H18ClFN2O. The van der Waals surface area contributed by atoms with Crippen molar-refractivity contribution in [1.82, 2.24) is 10.2 Å². The van der Waals surface area contributed by atoms with E-state index in [0.29, 0.717) is 23.4 Å². The van der Waals surface area contributed by atoms with Gasteiger partial charge in [-0.05, 0) is 71.5 Å². The van der Waals surface area contributed by atoms with Crippen molar-refractivity contribution in [2.75, 3.05) is 0 Å². The molecule has 0 atom stereocenters. The first kappa shape index (κ1) is 18.3. The lowest BCUT2D eigenvalue weighted by Crippen LogP contribution is -1.92. The number of phenols is 1. The minimum Gasteiger partial charge on any atom is -0.508 e. The van der Waals surface area contributed by atoms with Crippen molar-refractivity contribution in [2.24, 2.45) is 0 Å². The Morgan fingerprint density at radius 1 is 1.07 bits per heavy atom. The van der Waals surface area contributed by atoms with E-state index in [4.69, 9.17) is 11.6 Å². The molecule has 0 bridgehead atoms. The van der Waals surface area contributed by atoms with Crippen molar-refractivity contribution in [3.8, 4) is 5.75 Å². The predicted octanol–water partition coefficient (Wildman–Crippen LogP) is 6.13. The molecule has 5 heteroatoms. The number of aromatic amines is 1. The maximum Gasteiger partial charge on any atom is 0.127 e. The van der Waals surface area contributed by atoms with Crippen LogP contribution < -0.4 is 0 Å². The Hall–Kier alpha value is -3.11. The van der Waals surface area contributed by atoms with E-state index < -0.39 is 0 Å². The Morgan fingerprint density at radius 2 is 1.93 bits per heavy atom. The topological polar surface area (TPSA) is 48.9 Å². The van der Waals surface area contributed by atoms with Gasteiger partial charge in [-0.25, -0.2) is 4.39 Å². The number of rotatable bonds is 5. The maximum absolute atomic E-state index is 14.1. The number of fused-ring (bicyclic) bond motifs is 1. The van der Waals surface area contributed by atoms with E-state index in [-0.39, 0.29) is 11.6 Å². The van der Waals surface area contributed by atoms with Gasteiger partial charge >= 0.3 is 0 Å². The van der Waals surface area contributed by atoms with Crippen LogP contribution in [0.5, 0.6) is 5.75 Å². The van der Waals surface area contributed by atoms with Crippen LogP contribution in [0, 0.1) is 5.82 Å². The quantitative estimate of drug-likeness (QED) is 0.429. The van der Waals surface area contributed by atoms with E-state index in [1.165, 1.54) is 6.07 Å². The molecule has 140 valence electrons. The summed E-state index contributed by atoms with van der Waals surface area (Å²) in [5.41, 5.74) is 4.48. The summed E-state index contributed by atoms with van der Waals surface area (Å²) < 4.78 is 14.1. The number of H-pyrrole nitrogens is 1.